The Morgan fingerprint density at radius 3 is 2.50 bits per heavy atom. The van der Waals surface area contributed by atoms with E-state index < -0.39 is 11.2 Å². The molecule has 0 aliphatic heterocycles. The first kappa shape index (κ1) is 7.78. The first-order valence-electron chi connectivity index (χ1n) is 2.17. The van der Waals surface area contributed by atoms with Gasteiger partial charge in [-0.1, -0.05) is 0 Å². The quantitative estimate of drug-likeness (QED) is 0.499. The zero-order chi connectivity index (χ0) is 6.57. The van der Waals surface area contributed by atoms with Crippen LogP contribution in [0.5, 0.6) is 0 Å². The van der Waals surface area contributed by atoms with Gasteiger partial charge in [0.2, 0.25) is 0 Å². The van der Waals surface area contributed by atoms with E-state index in [1.807, 2.05) is 0 Å². The molecule has 1 amide bonds. The van der Waals surface area contributed by atoms with Crippen LogP contribution in [-0.4, -0.2) is 29.5 Å². The van der Waals surface area contributed by atoms with Crippen LogP contribution in [0.15, 0.2) is 0 Å². The highest BCUT2D eigenvalue weighted by Gasteiger charge is 2.03. The Hall–Kier alpha value is -0.220. The van der Waals surface area contributed by atoms with Gasteiger partial charge in [0.25, 0.3) is 5.91 Å². The average molecular weight is 135 g/mol. The maximum Gasteiger partial charge on any atom is 0.269 e. The topological polar surface area (TPSA) is 52.2 Å². The number of rotatable bonds is 2. The Labute approximate surface area is 51.6 Å². The molecule has 0 saturated heterocycles. The van der Waals surface area contributed by atoms with Crippen molar-refractivity contribution in [2.24, 2.45) is 0 Å². The number of nitrogens with one attached hydrogen (secondary N) is 1. The van der Waals surface area contributed by atoms with Crippen molar-refractivity contribution in [3.8, 4) is 0 Å². The lowest BCUT2D eigenvalue weighted by Crippen LogP contribution is -2.26. The summed E-state index contributed by atoms with van der Waals surface area (Å²) in [5, 5.41) is 2.36. The van der Waals surface area contributed by atoms with Crippen molar-refractivity contribution in [2.75, 3.05) is 19.1 Å². The Bertz CT molecular complexity index is 84.1. The van der Waals surface area contributed by atoms with Gasteiger partial charge in [0, 0.05) is 7.05 Å². The molecule has 3 nitrogen and oxygen atoms in total. The van der Waals surface area contributed by atoms with E-state index in [-0.39, 0.29) is 11.7 Å². The highest BCUT2D eigenvalue weighted by molar-refractivity contribution is 7.91. The second-order valence-corrected chi connectivity index (χ2v) is 2.83. The van der Waals surface area contributed by atoms with E-state index in [1.165, 1.54) is 13.3 Å². The van der Waals surface area contributed by atoms with Crippen LogP contribution in [0.4, 0.5) is 0 Å². The molecule has 1 atom stereocenters. The Balaban J connectivity index is 3.25. The highest BCUT2D eigenvalue weighted by atomic mass is 32.2. The Morgan fingerprint density at radius 2 is 2.38 bits per heavy atom. The van der Waals surface area contributed by atoms with Gasteiger partial charge in [0.1, 0.15) is 0 Å². The lowest BCUT2D eigenvalue weighted by Gasteiger charge is -2.01. The number of carbonyl (C=O) groups is 1. The minimum atomic E-state index is -1.01. The van der Waals surface area contributed by atoms with E-state index in [0.29, 0.717) is 0 Å². The van der Waals surface area contributed by atoms with Crippen molar-refractivity contribution in [3.05, 3.63) is 0 Å². The Morgan fingerprint density at radius 1 is 1.88 bits per heavy atom. The SMILES string of the molecule is CNC(=O)C[S+](C)[O-]. The number of carbonyl (C=O) groups excluding carboxylic acids is 1. The molecule has 0 radical (unpaired) electrons. The van der Waals surface area contributed by atoms with E-state index in [9.17, 15) is 9.35 Å². The summed E-state index contributed by atoms with van der Waals surface area (Å²) in [5.41, 5.74) is 0. The van der Waals surface area contributed by atoms with Crippen molar-refractivity contribution >= 4 is 17.1 Å². The van der Waals surface area contributed by atoms with Gasteiger partial charge < -0.3 is 9.87 Å². The summed E-state index contributed by atoms with van der Waals surface area (Å²) in [4.78, 5) is 10.3. The predicted octanol–water partition coefficient (Wildman–Crippen LogP) is -0.889. The molecule has 0 aliphatic carbocycles. The zero-order valence-corrected chi connectivity index (χ0v) is 5.75. The number of hydrogen-bond donors (Lipinski definition) is 1. The van der Waals surface area contributed by atoms with Crippen LogP contribution in [0.2, 0.25) is 0 Å². The molecule has 0 fully saturated rings. The third-order valence-electron chi connectivity index (χ3n) is 0.613. The minimum absolute atomic E-state index is 0.108. The first-order chi connectivity index (χ1) is 3.66. The third-order valence-corrected chi connectivity index (χ3v) is 1.28. The largest absolute Gasteiger partial charge is 0.616 e. The zero-order valence-electron chi connectivity index (χ0n) is 4.93. The molecular formula is C4H9NO2S. The van der Waals surface area contributed by atoms with Crippen LogP contribution in [0.25, 0.3) is 0 Å². The van der Waals surface area contributed by atoms with Gasteiger partial charge >= 0.3 is 0 Å². The van der Waals surface area contributed by atoms with Gasteiger partial charge in [0.15, 0.2) is 5.75 Å². The van der Waals surface area contributed by atoms with Gasteiger partial charge in [-0.2, -0.15) is 0 Å². The molecule has 4 heteroatoms. The molecule has 0 aromatic heterocycles. The predicted molar refractivity (Wildman–Crippen MR) is 33.0 cm³/mol. The highest BCUT2D eigenvalue weighted by Crippen LogP contribution is 1.79. The summed E-state index contributed by atoms with van der Waals surface area (Å²) in [6, 6.07) is 0. The van der Waals surface area contributed by atoms with Gasteiger partial charge in [0.05, 0.1) is 6.26 Å². The Kier molecular flexibility index (Phi) is 3.64. The van der Waals surface area contributed by atoms with Crippen molar-refractivity contribution in [2.45, 2.75) is 0 Å². The smallest absolute Gasteiger partial charge is 0.269 e. The van der Waals surface area contributed by atoms with Crippen LogP contribution < -0.4 is 5.32 Å². The number of amides is 1. The molecule has 1 unspecified atom stereocenters. The monoisotopic (exact) mass is 135 g/mol. The second kappa shape index (κ2) is 3.74. The molecule has 0 aromatic rings. The molecular weight excluding hydrogens is 126 g/mol. The van der Waals surface area contributed by atoms with E-state index in [1.54, 1.807) is 0 Å². The lowest BCUT2D eigenvalue weighted by atomic mass is 10.7. The summed E-state index contributed by atoms with van der Waals surface area (Å²) in [5.74, 6) is -0.0675. The fourth-order valence-corrected chi connectivity index (χ4v) is 0.770. The maximum atomic E-state index is 10.3. The molecule has 0 spiro atoms. The van der Waals surface area contributed by atoms with Gasteiger partial charge in [-0.25, -0.2) is 0 Å². The van der Waals surface area contributed by atoms with E-state index in [2.05, 4.69) is 5.32 Å². The van der Waals surface area contributed by atoms with E-state index in [0.717, 1.165) is 0 Å². The first-order valence-corrected chi connectivity index (χ1v) is 3.90. The summed E-state index contributed by atoms with van der Waals surface area (Å²) in [6.07, 6.45) is 1.50. The molecule has 48 valence electrons. The van der Waals surface area contributed by atoms with Crippen LogP contribution in [0, 0.1) is 0 Å². The average Bonchev–Trinajstić information content (AvgIpc) is 1.65. The van der Waals surface area contributed by atoms with Crippen LogP contribution in [0.1, 0.15) is 0 Å². The van der Waals surface area contributed by atoms with Crippen molar-refractivity contribution in [3.63, 3.8) is 0 Å². The molecule has 8 heavy (non-hydrogen) atoms. The molecule has 1 N–H and O–H groups in total. The molecule has 0 aliphatic rings. The summed E-state index contributed by atoms with van der Waals surface area (Å²) < 4.78 is 10.3. The minimum Gasteiger partial charge on any atom is -0.616 e. The number of hydrogen-bond acceptors (Lipinski definition) is 2. The summed E-state index contributed by atoms with van der Waals surface area (Å²) in [6.45, 7) is 0. The van der Waals surface area contributed by atoms with Gasteiger partial charge in [-0.05, 0) is 11.2 Å². The van der Waals surface area contributed by atoms with Gasteiger partial charge in [-0.3, -0.25) is 4.79 Å². The van der Waals surface area contributed by atoms with E-state index in [4.69, 9.17) is 0 Å². The van der Waals surface area contributed by atoms with Crippen molar-refractivity contribution < 1.29 is 9.35 Å². The fourth-order valence-electron chi connectivity index (χ4n) is 0.257. The van der Waals surface area contributed by atoms with Crippen LogP contribution in [-0.2, 0) is 16.0 Å². The fraction of sp³-hybridized carbons (Fsp3) is 0.750. The van der Waals surface area contributed by atoms with Crippen molar-refractivity contribution in [1.82, 2.24) is 5.32 Å². The maximum absolute atomic E-state index is 10.3. The van der Waals surface area contributed by atoms with Crippen LogP contribution in [0.3, 0.4) is 0 Å². The standard InChI is InChI=1S/C4H9NO2S/c1-5-4(6)3-8(2)7/h3H2,1-2H3,(H,5,6). The molecule has 0 aromatic carbocycles. The molecule has 0 saturated carbocycles. The second-order valence-electron chi connectivity index (χ2n) is 1.39. The normalized spacial score (nSPS) is 12.9. The van der Waals surface area contributed by atoms with E-state index >= 15 is 0 Å². The lowest BCUT2D eigenvalue weighted by molar-refractivity contribution is -0.118. The molecule has 0 bridgehead atoms. The molecule has 0 rings (SSSR count). The van der Waals surface area contributed by atoms with Crippen LogP contribution >= 0.6 is 0 Å². The van der Waals surface area contributed by atoms with Gasteiger partial charge in [-0.15, -0.1) is 0 Å². The molecule has 0 heterocycles. The van der Waals surface area contributed by atoms with Crippen molar-refractivity contribution in [1.29, 1.82) is 0 Å². The summed E-state index contributed by atoms with van der Waals surface area (Å²) >= 11 is -1.01. The third kappa shape index (κ3) is 3.95. The summed E-state index contributed by atoms with van der Waals surface area (Å²) in [7, 11) is 1.52.